The van der Waals surface area contributed by atoms with Crippen molar-refractivity contribution in [3.05, 3.63) is 48.0 Å². The van der Waals surface area contributed by atoms with Gasteiger partial charge in [-0.25, -0.2) is 4.79 Å². The van der Waals surface area contributed by atoms with Gasteiger partial charge in [0.25, 0.3) is 5.91 Å². The maximum atomic E-state index is 12.8. The molecule has 0 spiro atoms. The molecule has 1 amide bonds. The van der Waals surface area contributed by atoms with Crippen LogP contribution in [-0.2, 0) is 9.53 Å². The standard InChI is InChI=1S/C21H21F2NO5S/c1-13-9-10-24(15-5-3-4-6-18(15)30-13)19(25)12-28-20(26)14-7-8-16(29-21(22)23)17(11-14)27-2/h3-8,11,13,21H,9-10,12H2,1-2H3. The molecule has 0 N–H and O–H groups in total. The number of methoxy groups -OCH3 is 1. The molecule has 1 unspecified atom stereocenters. The van der Waals surface area contributed by atoms with E-state index in [9.17, 15) is 18.4 Å². The van der Waals surface area contributed by atoms with Gasteiger partial charge in [-0.05, 0) is 36.8 Å². The van der Waals surface area contributed by atoms with Gasteiger partial charge >= 0.3 is 12.6 Å². The van der Waals surface area contributed by atoms with Crippen molar-refractivity contribution in [1.29, 1.82) is 0 Å². The van der Waals surface area contributed by atoms with Crippen LogP contribution >= 0.6 is 11.8 Å². The molecule has 6 nitrogen and oxygen atoms in total. The van der Waals surface area contributed by atoms with Crippen LogP contribution in [0.2, 0.25) is 0 Å². The van der Waals surface area contributed by atoms with E-state index in [1.54, 1.807) is 16.7 Å². The van der Waals surface area contributed by atoms with Crippen LogP contribution in [0, 0.1) is 0 Å². The minimum atomic E-state index is -3.02. The number of fused-ring (bicyclic) bond motifs is 1. The fraction of sp³-hybridized carbons (Fsp3) is 0.333. The molecule has 0 aromatic heterocycles. The zero-order chi connectivity index (χ0) is 21.7. The largest absolute Gasteiger partial charge is 0.493 e. The third kappa shape index (κ3) is 5.21. The highest BCUT2D eigenvalue weighted by molar-refractivity contribution is 8.00. The van der Waals surface area contributed by atoms with Gasteiger partial charge in [-0.1, -0.05) is 19.1 Å². The lowest BCUT2D eigenvalue weighted by Gasteiger charge is -2.22. The first-order chi connectivity index (χ1) is 14.4. The average Bonchev–Trinajstić information content (AvgIpc) is 2.89. The van der Waals surface area contributed by atoms with Gasteiger partial charge in [-0.3, -0.25) is 4.79 Å². The first-order valence-corrected chi connectivity index (χ1v) is 10.1. The summed E-state index contributed by atoms with van der Waals surface area (Å²) in [5.74, 6) is -1.34. The quantitative estimate of drug-likeness (QED) is 0.626. The minimum absolute atomic E-state index is 0.0384. The Balaban J connectivity index is 1.68. The second-order valence-electron chi connectivity index (χ2n) is 6.55. The smallest absolute Gasteiger partial charge is 0.387 e. The summed E-state index contributed by atoms with van der Waals surface area (Å²) in [4.78, 5) is 27.7. The fourth-order valence-electron chi connectivity index (χ4n) is 3.02. The third-order valence-electron chi connectivity index (χ3n) is 4.49. The van der Waals surface area contributed by atoms with E-state index in [4.69, 9.17) is 9.47 Å². The Morgan fingerprint density at radius 1 is 1.20 bits per heavy atom. The number of alkyl halides is 2. The monoisotopic (exact) mass is 437 g/mol. The number of carbonyl (C=O) groups is 2. The fourth-order valence-corrected chi connectivity index (χ4v) is 4.14. The number of benzene rings is 2. The van der Waals surface area contributed by atoms with Crippen molar-refractivity contribution in [2.24, 2.45) is 0 Å². The van der Waals surface area contributed by atoms with Gasteiger partial charge in [0.1, 0.15) is 0 Å². The van der Waals surface area contributed by atoms with Crippen LogP contribution in [0.5, 0.6) is 11.5 Å². The summed E-state index contributed by atoms with van der Waals surface area (Å²) in [5.41, 5.74) is 0.852. The van der Waals surface area contributed by atoms with Gasteiger partial charge in [0.2, 0.25) is 0 Å². The molecule has 0 saturated carbocycles. The Morgan fingerprint density at radius 3 is 2.70 bits per heavy atom. The molecular weight excluding hydrogens is 416 g/mol. The zero-order valence-corrected chi connectivity index (χ0v) is 17.3. The first kappa shape index (κ1) is 21.9. The normalized spacial score (nSPS) is 15.9. The van der Waals surface area contributed by atoms with Crippen LogP contribution in [0.1, 0.15) is 23.7 Å². The molecule has 3 rings (SSSR count). The molecule has 1 aliphatic rings. The molecule has 1 atom stereocenters. The second-order valence-corrected chi connectivity index (χ2v) is 8.03. The summed E-state index contributed by atoms with van der Waals surface area (Å²) < 4.78 is 39.3. The highest BCUT2D eigenvalue weighted by Crippen LogP contribution is 2.37. The molecule has 1 heterocycles. The van der Waals surface area contributed by atoms with Gasteiger partial charge in [-0.2, -0.15) is 8.78 Å². The van der Waals surface area contributed by atoms with Crippen molar-refractivity contribution < 1.29 is 32.6 Å². The highest BCUT2D eigenvalue weighted by atomic mass is 32.2. The van der Waals surface area contributed by atoms with Crippen molar-refractivity contribution in [3.8, 4) is 11.5 Å². The SMILES string of the molecule is COc1cc(C(=O)OCC(=O)N2CCC(C)Sc3ccccc32)ccc1OC(F)F. The Labute approximate surface area is 177 Å². The van der Waals surface area contributed by atoms with Gasteiger partial charge in [0, 0.05) is 16.7 Å². The van der Waals surface area contributed by atoms with E-state index in [0.29, 0.717) is 11.8 Å². The van der Waals surface area contributed by atoms with E-state index in [1.165, 1.54) is 25.3 Å². The molecule has 1 aliphatic heterocycles. The number of anilines is 1. The summed E-state index contributed by atoms with van der Waals surface area (Å²) in [5, 5.41) is 0.355. The van der Waals surface area contributed by atoms with Crippen molar-refractivity contribution >= 4 is 29.3 Å². The zero-order valence-electron chi connectivity index (χ0n) is 16.5. The van der Waals surface area contributed by atoms with E-state index < -0.39 is 19.2 Å². The minimum Gasteiger partial charge on any atom is -0.493 e. The molecule has 0 aliphatic carbocycles. The number of amides is 1. The van der Waals surface area contributed by atoms with Gasteiger partial charge in [0.05, 0.1) is 18.4 Å². The molecular formula is C21H21F2NO5S. The lowest BCUT2D eigenvalue weighted by Crippen LogP contribution is -2.35. The molecule has 2 aromatic rings. The summed E-state index contributed by atoms with van der Waals surface area (Å²) in [6, 6.07) is 11.3. The van der Waals surface area contributed by atoms with E-state index in [-0.39, 0.29) is 23.0 Å². The van der Waals surface area contributed by atoms with Crippen LogP contribution in [0.3, 0.4) is 0 Å². The molecule has 160 valence electrons. The van der Waals surface area contributed by atoms with E-state index in [1.807, 2.05) is 24.3 Å². The third-order valence-corrected chi connectivity index (χ3v) is 5.72. The summed E-state index contributed by atoms with van der Waals surface area (Å²) in [7, 11) is 1.27. The number of thioether (sulfide) groups is 1. The maximum Gasteiger partial charge on any atom is 0.387 e. The lowest BCUT2D eigenvalue weighted by molar-refractivity contribution is -0.121. The van der Waals surface area contributed by atoms with Crippen molar-refractivity contribution in [2.45, 2.75) is 30.1 Å². The van der Waals surface area contributed by atoms with Gasteiger partial charge in [-0.15, -0.1) is 11.8 Å². The lowest BCUT2D eigenvalue weighted by atomic mass is 10.2. The van der Waals surface area contributed by atoms with Gasteiger partial charge < -0.3 is 19.1 Å². The Bertz CT molecular complexity index is 924. The van der Waals surface area contributed by atoms with Crippen molar-refractivity contribution in [1.82, 2.24) is 0 Å². The van der Waals surface area contributed by atoms with Crippen LogP contribution in [-0.4, -0.2) is 44.0 Å². The number of para-hydroxylation sites is 1. The number of hydrogen-bond acceptors (Lipinski definition) is 6. The second kappa shape index (κ2) is 9.80. The molecule has 9 heteroatoms. The van der Waals surface area contributed by atoms with Crippen LogP contribution in [0.15, 0.2) is 47.4 Å². The van der Waals surface area contributed by atoms with Crippen LogP contribution in [0.25, 0.3) is 0 Å². The molecule has 0 fully saturated rings. The predicted molar refractivity (Wildman–Crippen MR) is 109 cm³/mol. The summed E-state index contributed by atoms with van der Waals surface area (Å²) in [6.45, 7) is -0.838. The molecule has 0 bridgehead atoms. The average molecular weight is 437 g/mol. The highest BCUT2D eigenvalue weighted by Gasteiger charge is 2.25. The number of rotatable bonds is 6. The Hall–Kier alpha value is -2.81. The van der Waals surface area contributed by atoms with E-state index >= 15 is 0 Å². The number of esters is 1. The maximum absolute atomic E-state index is 12.8. The molecule has 30 heavy (non-hydrogen) atoms. The number of nitrogens with zero attached hydrogens (tertiary/aromatic N) is 1. The van der Waals surface area contributed by atoms with Gasteiger partial charge in [0.15, 0.2) is 18.1 Å². The predicted octanol–water partition coefficient (Wildman–Crippen LogP) is 4.37. The molecule has 0 radical (unpaired) electrons. The molecule has 0 saturated heterocycles. The van der Waals surface area contributed by atoms with Crippen LogP contribution < -0.4 is 14.4 Å². The van der Waals surface area contributed by atoms with E-state index in [2.05, 4.69) is 11.7 Å². The number of ether oxygens (including phenoxy) is 3. The van der Waals surface area contributed by atoms with Crippen molar-refractivity contribution in [2.75, 3.05) is 25.2 Å². The first-order valence-electron chi connectivity index (χ1n) is 9.25. The topological polar surface area (TPSA) is 65.1 Å². The number of halogens is 2. The van der Waals surface area contributed by atoms with Crippen LogP contribution in [0.4, 0.5) is 14.5 Å². The number of carbonyl (C=O) groups excluding carboxylic acids is 2. The van der Waals surface area contributed by atoms with E-state index in [0.717, 1.165) is 17.0 Å². The van der Waals surface area contributed by atoms with Crippen molar-refractivity contribution in [3.63, 3.8) is 0 Å². The summed E-state index contributed by atoms with van der Waals surface area (Å²) >= 11 is 1.70. The Kier molecular flexibility index (Phi) is 7.15. The number of hydrogen-bond donors (Lipinski definition) is 0. The summed E-state index contributed by atoms with van der Waals surface area (Å²) in [6.07, 6.45) is 0.807. The Morgan fingerprint density at radius 2 is 1.97 bits per heavy atom. The molecule has 2 aromatic carbocycles.